The summed E-state index contributed by atoms with van der Waals surface area (Å²) in [6.45, 7) is 4.72. The zero-order valence-corrected chi connectivity index (χ0v) is 11.4. The van der Waals surface area contributed by atoms with Crippen LogP contribution in [0.4, 0.5) is 4.39 Å². The molecule has 100 valence electrons. The van der Waals surface area contributed by atoms with Gasteiger partial charge in [0.05, 0.1) is 0 Å². The predicted octanol–water partition coefficient (Wildman–Crippen LogP) is 3.42. The fourth-order valence-electron chi connectivity index (χ4n) is 2.18. The summed E-state index contributed by atoms with van der Waals surface area (Å²) in [5, 5.41) is 3.33. The smallest absolute Gasteiger partial charge is 0.128 e. The van der Waals surface area contributed by atoms with E-state index in [4.69, 9.17) is 0 Å². The summed E-state index contributed by atoms with van der Waals surface area (Å²) in [4.78, 5) is 4.31. The Morgan fingerprint density at radius 3 is 2.74 bits per heavy atom. The Morgan fingerprint density at radius 2 is 2.11 bits per heavy atom. The molecule has 0 saturated carbocycles. The lowest BCUT2D eigenvalue weighted by molar-refractivity contribution is 0.506. The molecule has 0 bridgehead atoms. The second-order valence-electron chi connectivity index (χ2n) is 4.66. The molecule has 1 unspecified atom stereocenters. The highest BCUT2D eigenvalue weighted by atomic mass is 19.1. The molecule has 1 heterocycles. The van der Waals surface area contributed by atoms with Gasteiger partial charge in [0.2, 0.25) is 0 Å². The molecule has 0 aliphatic carbocycles. The van der Waals surface area contributed by atoms with E-state index in [1.807, 2.05) is 44.2 Å². The van der Waals surface area contributed by atoms with Gasteiger partial charge in [0.15, 0.2) is 0 Å². The Kier molecular flexibility index (Phi) is 4.63. The number of aromatic nitrogens is 1. The van der Waals surface area contributed by atoms with Crippen molar-refractivity contribution in [2.24, 2.45) is 0 Å². The first-order valence-electron chi connectivity index (χ1n) is 6.60. The minimum Gasteiger partial charge on any atom is -0.310 e. The highest BCUT2D eigenvalue weighted by Crippen LogP contribution is 2.21. The maximum absolute atomic E-state index is 14.1. The number of benzene rings is 1. The fourth-order valence-corrected chi connectivity index (χ4v) is 2.18. The molecule has 2 nitrogen and oxygen atoms in total. The number of pyridine rings is 1. The van der Waals surface area contributed by atoms with Crippen LogP contribution in [-0.4, -0.2) is 11.5 Å². The van der Waals surface area contributed by atoms with Crippen molar-refractivity contribution >= 4 is 0 Å². The minimum absolute atomic E-state index is 0.0412. The summed E-state index contributed by atoms with van der Waals surface area (Å²) in [6, 6.07) is 11.2. The lowest BCUT2D eigenvalue weighted by Gasteiger charge is -2.19. The van der Waals surface area contributed by atoms with Gasteiger partial charge in [0.25, 0.3) is 0 Å². The van der Waals surface area contributed by atoms with Gasteiger partial charge in [0, 0.05) is 29.9 Å². The molecular formula is C16H19FN2. The van der Waals surface area contributed by atoms with Crippen LogP contribution < -0.4 is 5.32 Å². The van der Waals surface area contributed by atoms with Crippen LogP contribution in [0.2, 0.25) is 0 Å². The molecule has 0 fully saturated rings. The van der Waals surface area contributed by atoms with E-state index in [-0.39, 0.29) is 11.9 Å². The zero-order chi connectivity index (χ0) is 13.7. The number of nitrogens with one attached hydrogen (secondary N) is 1. The van der Waals surface area contributed by atoms with Gasteiger partial charge in [-0.3, -0.25) is 4.98 Å². The molecule has 0 amide bonds. The molecule has 0 aliphatic heterocycles. The SMILES string of the molecule is CCNC(Cc1ccccn1)c1ccc(C)cc1F. The molecule has 1 aromatic heterocycles. The van der Waals surface area contributed by atoms with Gasteiger partial charge in [-0.1, -0.05) is 25.1 Å². The number of aryl methyl sites for hydroxylation is 1. The predicted molar refractivity (Wildman–Crippen MR) is 75.5 cm³/mol. The molecule has 1 aromatic carbocycles. The van der Waals surface area contributed by atoms with Crippen molar-refractivity contribution in [1.29, 1.82) is 0 Å². The summed E-state index contributed by atoms with van der Waals surface area (Å²) in [5.74, 6) is -0.151. The van der Waals surface area contributed by atoms with Crippen LogP contribution in [0.1, 0.15) is 29.8 Å². The molecule has 3 heteroatoms. The molecule has 19 heavy (non-hydrogen) atoms. The summed E-state index contributed by atoms with van der Waals surface area (Å²) in [7, 11) is 0. The third-order valence-electron chi connectivity index (χ3n) is 3.12. The minimum atomic E-state index is -0.151. The molecule has 0 saturated heterocycles. The number of halogens is 1. The third kappa shape index (κ3) is 3.61. The normalized spacial score (nSPS) is 12.4. The Hall–Kier alpha value is -1.74. The first-order valence-corrected chi connectivity index (χ1v) is 6.60. The highest BCUT2D eigenvalue weighted by Gasteiger charge is 2.15. The largest absolute Gasteiger partial charge is 0.310 e. The Morgan fingerprint density at radius 1 is 1.26 bits per heavy atom. The summed E-state index contributed by atoms with van der Waals surface area (Å²) in [6.07, 6.45) is 2.46. The maximum atomic E-state index is 14.1. The maximum Gasteiger partial charge on any atom is 0.128 e. The molecule has 0 spiro atoms. The molecule has 0 radical (unpaired) electrons. The Labute approximate surface area is 113 Å². The monoisotopic (exact) mass is 258 g/mol. The van der Waals surface area contributed by atoms with Crippen molar-refractivity contribution in [3.8, 4) is 0 Å². The molecule has 0 aliphatic rings. The van der Waals surface area contributed by atoms with E-state index in [0.29, 0.717) is 12.0 Å². The van der Waals surface area contributed by atoms with E-state index in [2.05, 4.69) is 10.3 Å². The standard InChI is InChI=1S/C16H19FN2/c1-3-18-16(11-13-6-4-5-9-19-13)14-8-7-12(2)10-15(14)17/h4-10,16,18H,3,11H2,1-2H3. The van der Waals surface area contributed by atoms with Gasteiger partial charge in [-0.25, -0.2) is 4.39 Å². The Bertz CT molecular complexity index is 526. The van der Waals surface area contributed by atoms with E-state index >= 15 is 0 Å². The average molecular weight is 258 g/mol. The van der Waals surface area contributed by atoms with Crippen LogP contribution in [0.15, 0.2) is 42.6 Å². The van der Waals surface area contributed by atoms with Crippen molar-refractivity contribution in [1.82, 2.24) is 10.3 Å². The van der Waals surface area contributed by atoms with Gasteiger partial charge in [0.1, 0.15) is 5.82 Å². The van der Waals surface area contributed by atoms with Crippen molar-refractivity contribution < 1.29 is 4.39 Å². The van der Waals surface area contributed by atoms with Crippen LogP contribution in [0.25, 0.3) is 0 Å². The van der Waals surface area contributed by atoms with E-state index in [1.165, 1.54) is 0 Å². The van der Waals surface area contributed by atoms with Crippen molar-refractivity contribution in [3.05, 3.63) is 65.2 Å². The van der Waals surface area contributed by atoms with E-state index in [9.17, 15) is 4.39 Å². The van der Waals surface area contributed by atoms with Gasteiger partial charge < -0.3 is 5.32 Å². The van der Waals surface area contributed by atoms with Crippen LogP contribution in [-0.2, 0) is 6.42 Å². The quantitative estimate of drug-likeness (QED) is 0.888. The van der Waals surface area contributed by atoms with Crippen LogP contribution in [0.3, 0.4) is 0 Å². The number of hydrogen-bond acceptors (Lipinski definition) is 2. The molecule has 1 N–H and O–H groups in total. The lowest BCUT2D eigenvalue weighted by atomic mass is 9.99. The topological polar surface area (TPSA) is 24.9 Å². The molecule has 2 aromatic rings. The summed E-state index contributed by atoms with van der Waals surface area (Å²) < 4.78 is 14.1. The van der Waals surface area contributed by atoms with Crippen LogP contribution in [0, 0.1) is 12.7 Å². The van der Waals surface area contributed by atoms with Crippen molar-refractivity contribution in [3.63, 3.8) is 0 Å². The van der Waals surface area contributed by atoms with Crippen LogP contribution >= 0.6 is 0 Å². The van der Waals surface area contributed by atoms with E-state index in [1.54, 1.807) is 12.3 Å². The second-order valence-corrected chi connectivity index (χ2v) is 4.66. The third-order valence-corrected chi connectivity index (χ3v) is 3.12. The fraction of sp³-hybridized carbons (Fsp3) is 0.312. The second kappa shape index (κ2) is 6.43. The van der Waals surface area contributed by atoms with E-state index in [0.717, 1.165) is 17.8 Å². The zero-order valence-electron chi connectivity index (χ0n) is 11.4. The van der Waals surface area contributed by atoms with Gasteiger partial charge in [-0.15, -0.1) is 0 Å². The number of likely N-dealkylation sites (N-methyl/N-ethyl adjacent to an activating group) is 1. The average Bonchev–Trinajstić information content (AvgIpc) is 2.39. The van der Waals surface area contributed by atoms with Crippen molar-refractivity contribution in [2.45, 2.75) is 26.3 Å². The summed E-state index contributed by atoms with van der Waals surface area (Å²) >= 11 is 0. The summed E-state index contributed by atoms with van der Waals surface area (Å²) in [5.41, 5.74) is 2.61. The highest BCUT2D eigenvalue weighted by molar-refractivity contribution is 5.27. The lowest BCUT2D eigenvalue weighted by Crippen LogP contribution is -2.24. The first-order chi connectivity index (χ1) is 9.20. The molecular weight excluding hydrogens is 239 g/mol. The van der Waals surface area contributed by atoms with Gasteiger partial charge >= 0.3 is 0 Å². The van der Waals surface area contributed by atoms with Crippen molar-refractivity contribution in [2.75, 3.05) is 6.54 Å². The molecule has 1 atom stereocenters. The first kappa shape index (κ1) is 13.7. The number of hydrogen-bond donors (Lipinski definition) is 1. The van der Waals surface area contributed by atoms with Gasteiger partial charge in [-0.2, -0.15) is 0 Å². The van der Waals surface area contributed by atoms with Crippen LogP contribution in [0.5, 0.6) is 0 Å². The number of rotatable bonds is 5. The van der Waals surface area contributed by atoms with Gasteiger partial charge in [-0.05, 0) is 37.2 Å². The Balaban J connectivity index is 2.24. The van der Waals surface area contributed by atoms with E-state index < -0.39 is 0 Å². The molecule has 2 rings (SSSR count). The number of nitrogens with zero attached hydrogens (tertiary/aromatic N) is 1.